The van der Waals surface area contributed by atoms with E-state index in [1.165, 1.54) is 0 Å². The number of ether oxygens (including phenoxy) is 1. The van der Waals surface area contributed by atoms with E-state index in [1.807, 2.05) is 26.0 Å². The Labute approximate surface area is 169 Å². The van der Waals surface area contributed by atoms with Crippen molar-refractivity contribution in [1.29, 1.82) is 0 Å². The molecule has 0 spiro atoms. The van der Waals surface area contributed by atoms with Crippen molar-refractivity contribution in [3.8, 4) is 0 Å². The number of hydrogen-bond donors (Lipinski definition) is 2. The van der Waals surface area contributed by atoms with E-state index in [9.17, 15) is 0 Å². The summed E-state index contributed by atoms with van der Waals surface area (Å²) in [5.74, 6) is 1.77. The second-order valence-corrected chi connectivity index (χ2v) is 6.29. The van der Waals surface area contributed by atoms with Crippen molar-refractivity contribution in [3.05, 3.63) is 24.2 Å². The zero-order valence-corrected chi connectivity index (χ0v) is 18.8. The van der Waals surface area contributed by atoms with Crippen molar-refractivity contribution in [2.24, 2.45) is 4.99 Å². The van der Waals surface area contributed by atoms with E-state index in [0.29, 0.717) is 6.54 Å². The van der Waals surface area contributed by atoms with Crippen molar-refractivity contribution in [3.63, 3.8) is 0 Å². The van der Waals surface area contributed by atoms with Crippen LogP contribution in [0.2, 0.25) is 0 Å². The van der Waals surface area contributed by atoms with Crippen LogP contribution in [0.15, 0.2) is 27.8 Å². The average Bonchev–Trinajstić information content (AvgIpc) is 3.10. The Hall–Kier alpha value is -0.800. The molecule has 1 unspecified atom stereocenters. The number of nitrogens with zero attached hydrogens (tertiary/aromatic N) is 2. The molecule has 1 heterocycles. The fourth-order valence-electron chi connectivity index (χ4n) is 2.42. The van der Waals surface area contributed by atoms with Crippen molar-refractivity contribution >= 4 is 29.9 Å². The van der Waals surface area contributed by atoms with E-state index < -0.39 is 0 Å². The summed E-state index contributed by atoms with van der Waals surface area (Å²) in [6, 6.07) is 4.14. The van der Waals surface area contributed by atoms with E-state index in [1.54, 1.807) is 13.4 Å². The molecule has 2 N–H and O–H groups in total. The number of nitrogens with one attached hydrogen (secondary N) is 2. The first-order chi connectivity index (χ1) is 11.5. The Morgan fingerprint density at radius 3 is 2.44 bits per heavy atom. The molecule has 0 fully saturated rings. The molecule has 1 aromatic rings. The summed E-state index contributed by atoms with van der Waals surface area (Å²) in [7, 11) is 1.71. The summed E-state index contributed by atoms with van der Waals surface area (Å²) in [6.07, 6.45) is 1.73. The topological polar surface area (TPSA) is 62.0 Å². The number of guanidine groups is 1. The van der Waals surface area contributed by atoms with Gasteiger partial charge in [0.2, 0.25) is 0 Å². The molecule has 0 amide bonds. The Morgan fingerprint density at radius 2 is 1.96 bits per heavy atom. The van der Waals surface area contributed by atoms with Gasteiger partial charge in [0.1, 0.15) is 5.76 Å². The highest BCUT2D eigenvalue weighted by atomic mass is 127. The molecule has 1 rings (SSSR count). The molecule has 6 nitrogen and oxygen atoms in total. The van der Waals surface area contributed by atoms with Crippen LogP contribution < -0.4 is 10.6 Å². The standard InChI is InChI=1S/C18H34N4O2.HI/c1-7-19-17(21-14-18(4,5)23-6)20-13-15(22(8-2)9-3)16-11-10-12-24-16;/h10-12,15H,7-9,13-14H2,1-6H3,(H2,19,20,21);1H. The smallest absolute Gasteiger partial charge is 0.191 e. The summed E-state index contributed by atoms with van der Waals surface area (Å²) in [5, 5.41) is 6.73. The van der Waals surface area contributed by atoms with E-state index in [0.717, 1.165) is 37.9 Å². The maximum Gasteiger partial charge on any atom is 0.191 e. The van der Waals surface area contributed by atoms with Crippen molar-refractivity contribution < 1.29 is 9.15 Å². The largest absolute Gasteiger partial charge is 0.468 e. The first-order valence-corrected chi connectivity index (χ1v) is 8.82. The van der Waals surface area contributed by atoms with E-state index in [-0.39, 0.29) is 35.6 Å². The SMILES string of the molecule is CCNC(=NCC(C)(C)OC)NCC(c1ccco1)N(CC)CC.I. The van der Waals surface area contributed by atoms with Gasteiger partial charge in [0.05, 0.1) is 24.5 Å². The molecule has 0 aliphatic carbocycles. The predicted molar refractivity (Wildman–Crippen MR) is 115 cm³/mol. The summed E-state index contributed by atoms with van der Waals surface area (Å²) in [6.45, 7) is 14.5. The predicted octanol–water partition coefficient (Wildman–Crippen LogP) is 3.26. The lowest BCUT2D eigenvalue weighted by atomic mass is 10.1. The zero-order valence-electron chi connectivity index (χ0n) is 16.5. The second-order valence-electron chi connectivity index (χ2n) is 6.29. The molecule has 0 radical (unpaired) electrons. The first-order valence-electron chi connectivity index (χ1n) is 8.82. The van der Waals surface area contributed by atoms with E-state index >= 15 is 0 Å². The highest BCUT2D eigenvalue weighted by molar-refractivity contribution is 14.0. The molecular formula is C18H35IN4O2. The first kappa shape index (κ1) is 24.2. The van der Waals surface area contributed by atoms with Gasteiger partial charge in [-0.05, 0) is 46.0 Å². The Balaban J connectivity index is 0.00000576. The third kappa shape index (κ3) is 8.42. The quantitative estimate of drug-likeness (QED) is 0.315. The number of rotatable bonds is 10. The fraction of sp³-hybridized carbons (Fsp3) is 0.722. The van der Waals surface area contributed by atoms with Crippen LogP contribution in [0, 0.1) is 0 Å². The molecule has 0 saturated carbocycles. The van der Waals surface area contributed by atoms with Crippen LogP contribution in [-0.4, -0.2) is 56.3 Å². The number of furan rings is 1. The molecule has 0 aromatic carbocycles. The lowest BCUT2D eigenvalue weighted by molar-refractivity contribution is 0.0310. The molecule has 1 atom stereocenters. The van der Waals surface area contributed by atoms with Gasteiger partial charge < -0.3 is 19.8 Å². The highest BCUT2D eigenvalue weighted by Crippen LogP contribution is 2.20. The minimum atomic E-state index is -0.276. The number of aliphatic imine (C=N–C) groups is 1. The summed E-state index contributed by atoms with van der Waals surface area (Å²) < 4.78 is 11.1. The van der Waals surface area contributed by atoms with Gasteiger partial charge in [-0.3, -0.25) is 9.89 Å². The second kappa shape index (κ2) is 12.5. The molecule has 0 aliphatic rings. The minimum absolute atomic E-state index is 0. The van der Waals surface area contributed by atoms with Gasteiger partial charge in [0.15, 0.2) is 5.96 Å². The molecule has 25 heavy (non-hydrogen) atoms. The number of halogens is 1. The summed E-state index contributed by atoms with van der Waals surface area (Å²) in [5.41, 5.74) is -0.276. The molecular weight excluding hydrogens is 431 g/mol. The van der Waals surface area contributed by atoms with Crippen LogP contribution in [0.1, 0.15) is 46.4 Å². The van der Waals surface area contributed by atoms with Crippen molar-refractivity contribution in [2.75, 3.05) is 39.8 Å². The highest BCUT2D eigenvalue weighted by Gasteiger charge is 2.21. The molecule has 7 heteroatoms. The van der Waals surface area contributed by atoms with Gasteiger partial charge in [-0.25, -0.2) is 0 Å². The van der Waals surface area contributed by atoms with Crippen LogP contribution in [0.25, 0.3) is 0 Å². The zero-order chi connectivity index (χ0) is 18.0. The van der Waals surface area contributed by atoms with Gasteiger partial charge in [-0.1, -0.05) is 13.8 Å². The third-order valence-corrected chi connectivity index (χ3v) is 4.10. The number of hydrogen-bond acceptors (Lipinski definition) is 4. The van der Waals surface area contributed by atoms with E-state index in [2.05, 4.69) is 41.3 Å². The van der Waals surface area contributed by atoms with Gasteiger partial charge in [-0.2, -0.15) is 0 Å². The molecule has 0 bridgehead atoms. The maximum absolute atomic E-state index is 5.64. The number of likely N-dealkylation sites (N-methyl/N-ethyl adjacent to an activating group) is 1. The van der Waals surface area contributed by atoms with Crippen molar-refractivity contribution in [1.82, 2.24) is 15.5 Å². The fourth-order valence-corrected chi connectivity index (χ4v) is 2.42. The van der Waals surface area contributed by atoms with E-state index in [4.69, 9.17) is 9.15 Å². The lowest BCUT2D eigenvalue weighted by Crippen LogP contribution is -2.44. The van der Waals surface area contributed by atoms with Crippen LogP contribution in [0.4, 0.5) is 0 Å². The molecule has 0 aliphatic heterocycles. The van der Waals surface area contributed by atoms with Crippen LogP contribution in [0.5, 0.6) is 0 Å². The Bertz CT molecular complexity index is 473. The molecule has 146 valence electrons. The normalized spacial score (nSPS) is 13.5. The van der Waals surface area contributed by atoms with Crippen LogP contribution in [-0.2, 0) is 4.74 Å². The molecule has 0 saturated heterocycles. The summed E-state index contributed by atoms with van der Waals surface area (Å²) >= 11 is 0. The Morgan fingerprint density at radius 1 is 1.28 bits per heavy atom. The van der Waals surface area contributed by atoms with Gasteiger partial charge in [-0.15, -0.1) is 24.0 Å². The lowest BCUT2D eigenvalue weighted by Gasteiger charge is -2.29. The third-order valence-electron chi connectivity index (χ3n) is 4.10. The van der Waals surface area contributed by atoms with Gasteiger partial charge in [0.25, 0.3) is 0 Å². The average molecular weight is 466 g/mol. The molecule has 1 aromatic heterocycles. The maximum atomic E-state index is 5.64. The minimum Gasteiger partial charge on any atom is -0.468 e. The Kier molecular flexibility index (Phi) is 12.1. The van der Waals surface area contributed by atoms with Crippen molar-refractivity contribution in [2.45, 2.75) is 46.3 Å². The van der Waals surface area contributed by atoms with Gasteiger partial charge in [0, 0.05) is 20.2 Å². The van der Waals surface area contributed by atoms with Gasteiger partial charge >= 0.3 is 0 Å². The number of methoxy groups -OCH3 is 1. The monoisotopic (exact) mass is 466 g/mol. The van der Waals surface area contributed by atoms with Crippen LogP contribution in [0.3, 0.4) is 0 Å². The van der Waals surface area contributed by atoms with Crippen LogP contribution >= 0.6 is 24.0 Å². The summed E-state index contributed by atoms with van der Waals surface area (Å²) in [4.78, 5) is 7.01.